The Kier molecular flexibility index (Phi) is 6.26. The van der Waals surface area contributed by atoms with Crippen molar-refractivity contribution in [3.8, 4) is 17.3 Å². The monoisotopic (exact) mass is 467 g/mol. The van der Waals surface area contributed by atoms with Gasteiger partial charge < -0.3 is 19.6 Å². The zero-order valence-electron chi connectivity index (χ0n) is 19.4. The number of urea groups is 1. The molecule has 3 heterocycles. The number of nitrogens with one attached hydrogen (secondary N) is 1. The predicted octanol–water partition coefficient (Wildman–Crippen LogP) is 4.46. The molecule has 0 aliphatic carbocycles. The lowest BCUT2D eigenvalue weighted by molar-refractivity contribution is 0.208. The molecule has 1 fully saturated rings. The SMILES string of the molecule is CCCc1nc(N2CCN(C(=O)Nc3cccc(C#N)c3)CC2)c2c(-c3ccccc3)noc2n1. The third-order valence-corrected chi connectivity index (χ3v) is 5.99. The summed E-state index contributed by atoms with van der Waals surface area (Å²) in [6.07, 6.45) is 1.67. The maximum absolute atomic E-state index is 12.8. The summed E-state index contributed by atoms with van der Waals surface area (Å²) >= 11 is 0. The number of nitriles is 1. The van der Waals surface area contributed by atoms with E-state index in [1.54, 1.807) is 29.2 Å². The second kappa shape index (κ2) is 9.81. The van der Waals surface area contributed by atoms with Crippen LogP contribution >= 0.6 is 0 Å². The van der Waals surface area contributed by atoms with Crippen molar-refractivity contribution >= 4 is 28.6 Å². The largest absolute Gasteiger partial charge is 0.352 e. The first-order valence-electron chi connectivity index (χ1n) is 11.7. The van der Waals surface area contributed by atoms with Crippen molar-refractivity contribution < 1.29 is 9.32 Å². The number of carbonyl (C=O) groups excluding carboxylic acids is 1. The molecule has 1 saturated heterocycles. The summed E-state index contributed by atoms with van der Waals surface area (Å²) in [7, 11) is 0. The molecule has 2 aromatic carbocycles. The van der Waals surface area contributed by atoms with Crippen LogP contribution in [-0.4, -0.2) is 52.2 Å². The first kappa shape index (κ1) is 22.3. The van der Waals surface area contributed by atoms with E-state index in [1.165, 1.54) is 0 Å². The first-order chi connectivity index (χ1) is 17.2. The first-order valence-corrected chi connectivity index (χ1v) is 11.7. The molecule has 0 unspecified atom stereocenters. The lowest BCUT2D eigenvalue weighted by Crippen LogP contribution is -2.50. The van der Waals surface area contributed by atoms with Crippen molar-refractivity contribution in [1.82, 2.24) is 20.0 Å². The molecule has 9 nitrogen and oxygen atoms in total. The summed E-state index contributed by atoms with van der Waals surface area (Å²) in [5.74, 6) is 1.52. The van der Waals surface area contributed by atoms with E-state index in [-0.39, 0.29) is 6.03 Å². The predicted molar refractivity (Wildman–Crippen MR) is 133 cm³/mol. The molecule has 5 rings (SSSR count). The van der Waals surface area contributed by atoms with Crippen molar-refractivity contribution in [3.63, 3.8) is 0 Å². The molecule has 0 saturated carbocycles. The van der Waals surface area contributed by atoms with Gasteiger partial charge in [0.1, 0.15) is 22.7 Å². The zero-order chi connectivity index (χ0) is 24.2. The number of hydrogen-bond donors (Lipinski definition) is 1. The van der Waals surface area contributed by atoms with Crippen LogP contribution in [0, 0.1) is 11.3 Å². The number of aryl methyl sites for hydroxylation is 1. The van der Waals surface area contributed by atoms with E-state index in [1.807, 2.05) is 30.3 Å². The molecule has 1 aliphatic rings. The van der Waals surface area contributed by atoms with Crippen LogP contribution in [0.5, 0.6) is 0 Å². The van der Waals surface area contributed by atoms with Crippen LogP contribution in [0.25, 0.3) is 22.4 Å². The fraction of sp³-hybridized carbons (Fsp3) is 0.269. The molecule has 1 aliphatic heterocycles. The Morgan fingerprint density at radius 1 is 1.09 bits per heavy atom. The van der Waals surface area contributed by atoms with E-state index in [4.69, 9.17) is 14.8 Å². The molecule has 0 spiro atoms. The molecule has 2 aromatic heterocycles. The third kappa shape index (κ3) is 4.64. The number of piperazine rings is 1. The van der Waals surface area contributed by atoms with Crippen LogP contribution in [0.4, 0.5) is 16.3 Å². The number of fused-ring (bicyclic) bond motifs is 1. The zero-order valence-corrected chi connectivity index (χ0v) is 19.4. The highest BCUT2D eigenvalue weighted by atomic mass is 16.5. The van der Waals surface area contributed by atoms with Gasteiger partial charge in [0.15, 0.2) is 0 Å². The summed E-state index contributed by atoms with van der Waals surface area (Å²) in [5.41, 5.74) is 3.25. The van der Waals surface area contributed by atoms with Gasteiger partial charge in [-0.05, 0) is 24.6 Å². The van der Waals surface area contributed by atoms with Gasteiger partial charge >= 0.3 is 6.03 Å². The Morgan fingerprint density at radius 2 is 1.89 bits per heavy atom. The third-order valence-electron chi connectivity index (χ3n) is 5.99. The minimum Gasteiger partial charge on any atom is -0.352 e. The summed E-state index contributed by atoms with van der Waals surface area (Å²) < 4.78 is 5.64. The van der Waals surface area contributed by atoms with Crippen molar-refractivity contribution in [1.29, 1.82) is 5.26 Å². The molecular weight excluding hydrogens is 442 g/mol. The van der Waals surface area contributed by atoms with Crippen molar-refractivity contribution in [2.75, 3.05) is 36.4 Å². The number of benzene rings is 2. The van der Waals surface area contributed by atoms with E-state index in [0.717, 1.165) is 41.1 Å². The van der Waals surface area contributed by atoms with Gasteiger partial charge in [-0.25, -0.2) is 9.78 Å². The summed E-state index contributed by atoms with van der Waals surface area (Å²) in [6.45, 7) is 4.38. The lowest BCUT2D eigenvalue weighted by atomic mass is 10.1. The van der Waals surface area contributed by atoms with Crippen LogP contribution in [0.3, 0.4) is 0 Å². The van der Waals surface area contributed by atoms with Crippen LogP contribution in [0.1, 0.15) is 24.7 Å². The fourth-order valence-electron chi connectivity index (χ4n) is 4.23. The van der Waals surface area contributed by atoms with Gasteiger partial charge in [-0.15, -0.1) is 0 Å². The smallest absolute Gasteiger partial charge is 0.321 e. The molecule has 0 bridgehead atoms. The van der Waals surface area contributed by atoms with Crippen LogP contribution in [0.15, 0.2) is 59.1 Å². The molecule has 9 heteroatoms. The Bertz CT molecular complexity index is 1390. The lowest BCUT2D eigenvalue weighted by Gasteiger charge is -2.35. The highest BCUT2D eigenvalue weighted by molar-refractivity contribution is 5.98. The van der Waals surface area contributed by atoms with Gasteiger partial charge in [0, 0.05) is 43.9 Å². The summed E-state index contributed by atoms with van der Waals surface area (Å²) in [6, 6.07) is 18.7. The quantitative estimate of drug-likeness (QED) is 0.461. The average Bonchev–Trinajstić information content (AvgIpc) is 3.33. The number of anilines is 2. The molecule has 35 heavy (non-hydrogen) atoms. The summed E-state index contributed by atoms with van der Waals surface area (Å²) in [5, 5.41) is 17.1. The number of hydrogen-bond acceptors (Lipinski definition) is 7. The molecule has 176 valence electrons. The summed E-state index contributed by atoms with van der Waals surface area (Å²) in [4.78, 5) is 26.3. The van der Waals surface area contributed by atoms with Gasteiger partial charge in [-0.2, -0.15) is 10.2 Å². The van der Waals surface area contributed by atoms with Gasteiger partial charge in [0.2, 0.25) is 0 Å². The van der Waals surface area contributed by atoms with Gasteiger partial charge in [0.25, 0.3) is 5.71 Å². The second-order valence-electron chi connectivity index (χ2n) is 8.39. The minimum atomic E-state index is -0.186. The van der Waals surface area contributed by atoms with Crippen LogP contribution in [-0.2, 0) is 6.42 Å². The van der Waals surface area contributed by atoms with Gasteiger partial charge in [-0.3, -0.25) is 0 Å². The number of amides is 2. The van der Waals surface area contributed by atoms with Gasteiger partial charge in [0.05, 0.1) is 11.6 Å². The van der Waals surface area contributed by atoms with E-state index < -0.39 is 0 Å². The number of rotatable bonds is 5. The van der Waals surface area contributed by atoms with E-state index in [9.17, 15) is 4.79 Å². The Labute approximate surface area is 203 Å². The standard InChI is InChI=1S/C26H25N7O2/c1-2-7-21-29-24(22-23(31-35-25(22)30-21)19-9-4-3-5-10-19)32-12-14-33(15-13-32)26(34)28-20-11-6-8-18(16-20)17-27/h3-6,8-11,16H,2,7,12-15H2,1H3,(H,28,34). The van der Waals surface area contributed by atoms with Crippen LogP contribution < -0.4 is 10.2 Å². The van der Waals surface area contributed by atoms with Crippen LogP contribution in [0.2, 0.25) is 0 Å². The van der Waals surface area contributed by atoms with Crippen molar-refractivity contribution in [2.24, 2.45) is 0 Å². The second-order valence-corrected chi connectivity index (χ2v) is 8.39. The maximum Gasteiger partial charge on any atom is 0.321 e. The number of nitrogens with zero attached hydrogens (tertiary/aromatic N) is 6. The molecular formula is C26H25N7O2. The molecule has 0 radical (unpaired) electrons. The Hall–Kier alpha value is -4.45. The van der Waals surface area contributed by atoms with E-state index in [0.29, 0.717) is 43.1 Å². The van der Waals surface area contributed by atoms with Crippen molar-refractivity contribution in [2.45, 2.75) is 19.8 Å². The molecule has 1 N–H and O–H groups in total. The molecule has 4 aromatic rings. The fourth-order valence-corrected chi connectivity index (χ4v) is 4.23. The Morgan fingerprint density at radius 3 is 2.63 bits per heavy atom. The highest BCUT2D eigenvalue weighted by Crippen LogP contribution is 2.34. The molecule has 2 amide bonds. The number of carbonyl (C=O) groups is 1. The normalized spacial score (nSPS) is 13.6. The van der Waals surface area contributed by atoms with E-state index in [2.05, 4.69) is 33.4 Å². The number of aromatic nitrogens is 3. The minimum absolute atomic E-state index is 0.186. The molecule has 0 atom stereocenters. The van der Waals surface area contributed by atoms with Crippen molar-refractivity contribution in [3.05, 3.63) is 66.0 Å². The maximum atomic E-state index is 12.8. The van der Waals surface area contributed by atoms with Gasteiger partial charge in [-0.1, -0.05) is 48.5 Å². The average molecular weight is 468 g/mol. The Balaban J connectivity index is 1.38. The highest BCUT2D eigenvalue weighted by Gasteiger charge is 2.27. The van der Waals surface area contributed by atoms with E-state index >= 15 is 0 Å². The topological polar surface area (TPSA) is 111 Å².